The third kappa shape index (κ3) is 2.85. The van der Waals surface area contributed by atoms with Gasteiger partial charge in [0.15, 0.2) is 5.76 Å². The summed E-state index contributed by atoms with van der Waals surface area (Å²) in [6.45, 7) is 0. The lowest BCUT2D eigenvalue weighted by molar-refractivity contribution is 0.102. The Hall–Kier alpha value is -3.02. The molecule has 0 bridgehead atoms. The van der Waals surface area contributed by atoms with Crippen molar-refractivity contribution in [2.24, 2.45) is 0 Å². The highest BCUT2D eigenvalue weighted by Crippen LogP contribution is 2.24. The zero-order valence-electron chi connectivity index (χ0n) is 11.2. The van der Waals surface area contributed by atoms with Gasteiger partial charge in [0.2, 0.25) is 0 Å². The van der Waals surface area contributed by atoms with E-state index >= 15 is 0 Å². The minimum Gasteiger partial charge on any atom is -0.355 e. The molecule has 0 aliphatic carbocycles. The highest BCUT2D eigenvalue weighted by molar-refractivity contribution is 6.07. The highest BCUT2D eigenvalue weighted by Gasteiger charge is 2.18. The fourth-order valence-corrected chi connectivity index (χ4v) is 1.98. The fraction of sp³-hybridized carbons (Fsp3) is 0. The Balaban J connectivity index is 1.88. The molecule has 0 saturated heterocycles. The van der Waals surface area contributed by atoms with Crippen molar-refractivity contribution in [2.75, 3.05) is 5.32 Å². The van der Waals surface area contributed by atoms with Gasteiger partial charge in [-0.05, 0) is 42.5 Å². The Morgan fingerprint density at radius 3 is 2.55 bits per heavy atom. The molecule has 0 aliphatic rings. The zero-order chi connectivity index (χ0) is 15.5. The van der Waals surface area contributed by atoms with Crippen LogP contribution in [-0.2, 0) is 0 Å². The maximum Gasteiger partial charge on any atom is 0.261 e. The van der Waals surface area contributed by atoms with E-state index in [1.165, 1.54) is 48.7 Å². The van der Waals surface area contributed by atoms with Gasteiger partial charge >= 0.3 is 0 Å². The average molecular weight is 300 g/mol. The summed E-state index contributed by atoms with van der Waals surface area (Å²) in [6, 6.07) is 11.0. The topological polar surface area (TPSA) is 55.1 Å². The molecule has 0 spiro atoms. The number of carbonyl (C=O) groups is 1. The third-order valence-corrected chi connectivity index (χ3v) is 3.00. The monoisotopic (exact) mass is 300 g/mol. The molecular weight excluding hydrogens is 290 g/mol. The van der Waals surface area contributed by atoms with Crippen molar-refractivity contribution in [3.63, 3.8) is 0 Å². The van der Waals surface area contributed by atoms with E-state index in [0.717, 1.165) is 0 Å². The van der Waals surface area contributed by atoms with E-state index < -0.39 is 17.5 Å². The molecule has 0 fully saturated rings. The molecule has 3 rings (SSSR count). The molecular formula is C16H10F2N2O2. The van der Waals surface area contributed by atoms with Gasteiger partial charge in [0, 0.05) is 11.3 Å². The summed E-state index contributed by atoms with van der Waals surface area (Å²) < 4.78 is 31.1. The largest absolute Gasteiger partial charge is 0.355 e. The molecule has 0 atom stereocenters. The van der Waals surface area contributed by atoms with Gasteiger partial charge < -0.3 is 9.84 Å². The van der Waals surface area contributed by atoms with Gasteiger partial charge in [-0.1, -0.05) is 11.2 Å². The molecule has 0 radical (unpaired) electrons. The summed E-state index contributed by atoms with van der Waals surface area (Å²) in [7, 11) is 0. The number of amides is 1. The minimum absolute atomic E-state index is 0.177. The van der Waals surface area contributed by atoms with Crippen LogP contribution in [0, 0.1) is 11.6 Å². The van der Waals surface area contributed by atoms with Crippen LogP contribution in [0.15, 0.2) is 59.3 Å². The summed E-state index contributed by atoms with van der Waals surface area (Å²) in [4.78, 5) is 12.2. The molecule has 2 aromatic carbocycles. The van der Waals surface area contributed by atoms with Crippen molar-refractivity contribution in [1.82, 2.24) is 5.16 Å². The first kappa shape index (κ1) is 13.9. The predicted molar refractivity (Wildman–Crippen MR) is 76.3 cm³/mol. The molecule has 0 saturated carbocycles. The smallest absolute Gasteiger partial charge is 0.261 e. The average Bonchev–Trinajstić information content (AvgIpc) is 2.97. The Morgan fingerprint density at radius 2 is 1.82 bits per heavy atom. The van der Waals surface area contributed by atoms with E-state index in [4.69, 9.17) is 4.52 Å². The molecule has 1 aromatic heterocycles. The van der Waals surface area contributed by atoms with E-state index in [0.29, 0.717) is 11.3 Å². The SMILES string of the molecule is O=C(Nc1cccc(F)c1)c1cnoc1-c1ccc(F)cc1. The molecule has 22 heavy (non-hydrogen) atoms. The van der Waals surface area contributed by atoms with Crippen molar-refractivity contribution in [3.8, 4) is 11.3 Å². The number of nitrogens with zero attached hydrogens (tertiary/aromatic N) is 1. The van der Waals surface area contributed by atoms with Crippen LogP contribution in [-0.4, -0.2) is 11.1 Å². The summed E-state index contributed by atoms with van der Waals surface area (Å²) in [5.41, 5.74) is 1.01. The normalized spacial score (nSPS) is 10.5. The van der Waals surface area contributed by atoms with Crippen LogP contribution in [0.5, 0.6) is 0 Å². The van der Waals surface area contributed by atoms with Gasteiger partial charge in [0.05, 0.1) is 6.20 Å². The number of aromatic nitrogens is 1. The summed E-state index contributed by atoms with van der Waals surface area (Å²) in [5.74, 6) is -1.13. The highest BCUT2D eigenvalue weighted by atomic mass is 19.1. The van der Waals surface area contributed by atoms with Gasteiger partial charge in [-0.3, -0.25) is 4.79 Å². The van der Waals surface area contributed by atoms with E-state index in [2.05, 4.69) is 10.5 Å². The maximum atomic E-state index is 13.1. The third-order valence-electron chi connectivity index (χ3n) is 3.00. The Labute approximate surface area is 124 Å². The first-order valence-corrected chi connectivity index (χ1v) is 6.41. The van der Waals surface area contributed by atoms with E-state index in [1.807, 2.05) is 0 Å². The Morgan fingerprint density at radius 1 is 1.05 bits per heavy atom. The molecule has 1 heterocycles. The van der Waals surface area contributed by atoms with Gasteiger partial charge in [-0.15, -0.1) is 0 Å². The number of rotatable bonds is 3. The lowest BCUT2D eigenvalue weighted by atomic mass is 10.1. The van der Waals surface area contributed by atoms with Crippen molar-refractivity contribution in [1.29, 1.82) is 0 Å². The number of hydrogen-bond acceptors (Lipinski definition) is 3. The second-order valence-electron chi connectivity index (χ2n) is 4.54. The number of halogens is 2. The molecule has 1 N–H and O–H groups in total. The van der Waals surface area contributed by atoms with Gasteiger partial charge in [-0.2, -0.15) is 0 Å². The van der Waals surface area contributed by atoms with Crippen LogP contribution in [0.2, 0.25) is 0 Å². The zero-order valence-corrected chi connectivity index (χ0v) is 11.2. The number of hydrogen-bond donors (Lipinski definition) is 1. The van der Waals surface area contributed by atoms with Crippen LogP contribution in [0.1, 0.15) is 10.4 Å². The standard InChI is InChI=1S/C16H10F2N2O2/c17-11-6-4-10(5-7-11)15-14(9-19-22-15)16(21)20-13-3-1-2-12(18)8-13/h1-9H,(H,20,21). The summed E-state index contributed by atoms with van der Waals surface area (Å²) in [5, 5.41) is 6.15. The molecule has 4 nitrogen and oxygen atoms in total. The Kier molecular flexibility index (Phi) is 3.65. The molecule has 0 aliphatic heterocycles. The first-order chi connectivity index (χ1) is 10.6. The fourth-order valence-electron chi connectivity index (χ4n) is 1.98. The minimum atomic E-state index is -0.494. The molecule has 110 valence electrons. The molecule has 6 heteroatoms. The second-order valence-corrected chi connectivity index (χ2v) is 4.54. The van der Waals surface area contributed by atoms with Crippen molar-refractivity contribution < 1.29 is 18.1 Å². The maximum absolute atomic E-state index is 13.1. The van der Waals surface area contributed by atoms with Crippen LogP contribution in [0.25, 0.3) is 11.3 Å². The van der Waals surface area contributed by atoms with Crippen molar-refractivity contribution in [3.05, 3.63) is 71.9 Å². The van der Waals surface area contributed by atoms with Crippen LogP contribution >= 0.6 is 0 Å². The number of carbonyl (C=O) groups excluding carboxylic acids is 1. The second kappa shape index (κ2) is 5.77. The van der Waals surface area contributed by atoms with Gasteiger partial charge in [0.1, 0.15) is 17.2 Å². The van der Waals surface area contributed by atoms with Crippen molar-refractivity contribution >= 4 is 11.6 Å². The quantitative estimate of drug-likeness (QED) is 0.798. The summed E-state index contributed by atoms with van der Waals surface area (Å²) in [6.07, 6.45) is 1.26. The summed E-state index contributed by atoms with van der Waals surface area (Å²) >= 11 is 0. The van der Waals surface area contributed by atoms with E-state index in [1.54, 1.807) is 6.07 Å². The van der Waals surface area contributed by atoms with E-state index in [-0.39, 0.29) is 11.3 Å². The number of benzene rings is 2. The van der Waals surface area contributed by atoms with Gasteiger partial charge in [0.25, 0.3) is 5.91 Å². The first-order valence-electron chi connectivity index (χ1n) is 6.41. The van der Waals surface area contributed by atoms with Crippen LogP contribution < -0.4 is 5.32 Å². The van der Waals surface area contributed by atoms with Crippen LogP contribution in [0.3, 0.4) is 0 Å². The molecule has 1 amide bonds. The van der Waals surface area contributed by atoms with Crippen molar-refractivity contribution in [2.45, 2.75) is 0 Å². The molecule has 0 unspecified atom stereocenters. The van der Waals surface area contributed by atoms with E-state index in [9.17, 15) is 13.6 Å². The molecule has 3 aromatic rings. The number of nitrogens with one attached hydrogen (secondary N) is 1. The predicted octanol–water partition coefficient (Wildman–Crippen LogP) is 3.87. The van der Waals surface area contributed by atoms with Crippen LogP contribution in [0.4, 0.5) is 14.5 Å². The lowest BCUT2D eigenvalue weighted by Gasteiger charge is -2.05. The number of anilines is 1. The Bertz CT molecular complexity index is 813. The lowest BCUT2D eigenvalue weighted by Crippen LogP contribution is -2.12. The van der Waals surface area contributed by atoms with Gasteiger partial charge in [-0.25, -0.2) is 8.78 Å².